The predicted molar refractivity (Wildman–Crippen MR) is 88.9 cm³/mol. The fraction of sp³-hybridized carbons (Fsp3) is 0.267. The molecule has 9 heteroatoms. The molecule has 0 spiro atoms. The van der Waals surface area contributed by atoms with Crippen molar-refractivity contribution in [1.82, 2.24) is 10.6 Å². The molecular weight excluding hydrogens is 354 g/mol. The molecule has 2 N–H and O–H groups in total. The van der Waals surface area contributed by atoms with E-state index >= 15 is 0 Å². The predicted octanol–water partition coefficient (Wildman–Crippen LogP) is 1.92. The van der Waals surface area contributed by atoms with Gasteiger partial charge in [-0.25, -0.2) is 0 Å². The van der Waals surface area contributed by atoms with Gasteiger partial charge in [-0.15, -0.1) is 11.3 Å². The quantitative estimate of drug-likeness (QED) is 0.815. The van der Waals surface area contributed by atoms with Crippen LogP contribution in [0.1, 0.15) is 17.1 Å². The van der Waals surface area contributed by atoms with Crippen LogP contribution in [0, 0.1) is 0 Å². The molecule has 126 valence electrons. The van der Waals surface area contributed by atoms with Gasteiger partial charge in [-0.2, -0.15) is 0 Å². The second-order valence-electron chi connectivity index (χ2n) is 5.01. The van der Waals surface area contributed by atoms with E-state index in [0.29, 0.717) is 22.2 Å². The van der Waals surface area contributed by atoms with Gasteiger partial charge in [0.2, 0.25) is 12.0 Å². The van der Waals surface area contributed by atoms with Gasteiger partial charge in [0.05, 0.1) is 28.6 Å². The lowest BCUT2D eigenvalue weighted by Gasteiger charge is -2.09. The van der Waals surface area contributed by atoms with Gasteiger partial charge in [0, 0.05) is 6.42 Å². The van der Waals surface area contributed by atoms with Crippen molar-refractivity contribution in [3.63, 3.8) is 0 Å². The maximum atomic E-state index is 12.0. The van der Waals surface area contributed by atoms with Crippen molar-refractivity contribution in [3.05, 3.63) is 45.5 Å². The Morgan fingerprint density at radius 3 is 2.92 bits per heavy atom. The maximum Gasteiger partial charge on any atom is 0.264 e. The van der Waals surface area contributed by atoms with Crippen LogP contribution in [0.3, 0.4) is 0 Å². The highest BCUT2D eigenvalue weighted by Crippen LogP contribution is 2.26. The third kappa shape index (κ3) is 4.15. The molecule has 0 fully saturated rings. The molecule has 2 aromatic heterocycles. The first-order valence-corrected chi connectivity index (χ1v) is 8.36. The van der Waals surface area contributed by atoms with Crippen molar-refractivity contribution in [1.29, 1.82) is 0 Å². The lowest BCUT2D eigenvalue weighted by molar-refractivity contribution is -0.133. The van der Waals surface area contributed by atoms with Gasteiger partial charge >= 0.3 is 0 Å². The monoisotopic (exact) mass is 367 g/mol. The highest BCUT2D eigenvalue weighted by atomic mass is 35.5. The Kier molecular flexibility index (Phi) is 5.17. The minimum absolute atomic E-state index is 0.139. The van der Waals surface area contributed by atoms with Crippen LogP contribution in [0.5, 0.6) is 0 Å². The first kappa shape index (κ1) is 16.5. The van der Waals surface area contributed by atoms with Crippen LogP contribution in [0.25, 0.3) is 0 Å². The van der Waals surface area contributed by atoms with Crippen molar-refractivity contribution in [2.75, 3.05) is 6.54 Å². The third-order valence-electron chi connectivity index (χ3n) is 3.28. The Balaban J connectivity index is 1.40. The molecule has 0 aromatic carbocycles. The van der Waals surface area contributed by atoms with Gasteiger partial charge in [0.15, 0.2) is 0 Å². The molecule has 3 rings (SSSR count). The van der Waals surface area contributed by atoms with Crippen LogP contribution < -0.4 is 10.6 Å². The summed E-state index contributed by atoms with van der Waals surface area (Å²) >= 11 is 7.25. The highest BCUT2D eigenvalue weighted by molar-refractivity contribution is 7.18. The second kappa shape index (κ2) is 7.50. The van der Waals surface area contributed by atoms with Crippen molar-refractivity contribution in [2.24, 2.45) is 5.16 Å². The van der Waals surface area contributed by atoms with E-state index in [4.69, 9.17) is 20.9 Å². The second-order valence-corrected chi connectivity index (χ2v) is 6.73. The molecule has 24 heavy (non-hydrogen) atoms. The van der Waals surface area contributed by atoms with Gasteiger partial charge < -0.3 is 19.9 Å². The number of nitrogens with one attached hydrogen (secondary N) is 2. The van der Waals surface area contributed by atoms with Gasteiger partial charge in [0.1, 0.15) is 11.5 Å². The molecule has 0 radical (unpaired) electrons. The molecule has 3 heterocycles. The SMILES string of the molecule is O=C(CNC(=O)[C@H]1CC(c2ccc(Cl)s2)=NO1)NCc1ccco1. The van der Waals surface area contributed by atoms with Crippen molar-refractivity contribution in [2.45, 2.75) is 19.1 Å². The van der Waals surface area contributed by atoms with Crippen LogP contribution in [0.2, 0.25) is 4.34 Å². The maximum absolute atomic E-state index is 12.0. The van der Waals surface area contributed by atoms with E-state index in [2.05, 4.69) is 15.8 Å². The Morgan fingerprint density at radius 1 is 1.33 bits per heavy atom. The number of oxime groups is 1. The standard InChI is InChI=1S/C15H14ClN3O4S/c16-13-4-3-12(24-13)10-6-11(23-19-10)15(21)18-8-14(20)17-7-9-2-1-5-22-9/h1-5,11H,6-8H2,(H,17,20)(H,18,21)/t11-/m1/s1. The number of nitrogens with zero attached hydrogens (tertiary/aromatic N) is 1. The van der Waals surface area contributed by atoms with E-state index in [1.54, 1.807) is 18.2 Å². The average Bonchev–Trinajstić information content (AvgIpc) is 3.30. The normalized spacial score (nSPS) is 16.4. The summed E-state index contributed by atoms with van der Waals surface area (Å²) in [5.74, 6) is -0.0602. The molecule has 7 nitrogen and oxygen atoms in total. The number of amides is 2. The lowest BCUT2D eigenvalue weighted by atomic mass is 10.1. The zero-order valence-electron chi connectivity index (χ0n) is 12.5. The Bertz CT molecular complexity index is 757. The number of carbonyl (C=O) groups is 2. The average molecular weight is 368 g/mol. The Morgan fingerprint density at radius 2 is 2.21 bits per heavy atom. The number of carbonyl (C=O) groups excluding carboxylic acids is 2. The number of rotatable bonds is 6. The number of thiophene rings is 1. The van der Waals surface area contributed by atoms with Crippen molar-refractivity contribution >= 4 is 40.5 Å². The first-order chi connectivity index (χ1) is 11.6. The third-order valence-corrected chi connectivity index (χ3v) is 4.56. The zero-order chi connectivity index (χ0) is 16.9. The summed E-state index contributed by atoms with van der Waals surface area (Å²) in [6.45, 7) is 0.133. The summed E-state index contributed by atoms with van der Waals surface area (Å²) < 4.78 is 5.75. The number of hydrogen-bond acceptors (Lipinski definition) is 6. The molecule has 0 unspecified atom stereocenters. The topological polar surface area (TPSA) is 92.9 Å². The molecule has 0 aliphatic carbocycles. The molecule has 1 atom stereocenters. The number of hydrogen-bond donors (Lipinski definition) is 2. The summed E-state index contributed by atoms with van der Waals surface area (Å²) in [7, 11) is 0. The summed E-state index contributed by atoms with van der Waals surface area (Å²) in [5, 5.41) is 9.08. The Hall–Kier alpha value is -2.32. The zero-order valence-corrected chi connectivity index (χ0v) is 14.0. The van der Waals surface area contributed by atoms with E-state index in [1.165, 1.54) is 17.6 Å². The summed E-state index contributed by atoms with van der Waals surface area (Å²) in [6, 6.07) is 7.08. The number of furan rings is 1. The minimum atomic E-state index is -0.737. The van der Waals surface area contributed by atoms with Gasteiger partial charge in [-0.1, -0.05) is 16.8 Å². The molecule has 1 aliphatic heterocycles. The van der Waals surface area contributed by atoms with Crippen LogP contribution in [-0.4, -0.2) is 30.2 Å². The van der Waals surface area contributed by atoms with E-state index < -0.39 is 6.10 Å². The molecule has 0 saturated carbocycles. The highest BCUT2D eigenvalue weighted by Gasteiger charge is 2.29. The molecule has 0 saturated heterocycles. The van der Waals surface area contributed by atoms with E-state index in [-0.39, 0.29) is 24.9 Å². The van der Waals surface area contributed by atoms with Crippen molar-refractivity contribution in [3.8, 4) is 0 Å². The molecule has 2 amide bonds. The van der Waals surface area contributed by atoms with E-state index in [9.17, 15) is 9.59 Å². The fourth-order valence-electron chi connectivity index (χ4n) is 2.08. The van der Waals surface area contributed by atoms with Gasteiger partial charge in [0.25, 0.3) is 5.91 Å². The van der Waals surface area contributed by atoms with E-state index in [0.717, 1.165) is 4.88 Å². The van der Waals surface area contributed by atoms with E-state index in [1.807, 2.05) is 6.07 Å². The minimum Gasteiger partial charge on any atom is -0.467 e. The fourth-order valence-corrected chi connectivity index (χ4v) is 3.11. The van der Waals surface area contributed by atoms with Crippen LogP contribution in [0.15, 0.2) is 40.1 Å². The van der Waals surface area contributed by atoms with Crippen molar-refractivity contribution < 1.29 is 18.8 Å². The molecular formula is C15H14ClN3O4S. The summed E-state index contributed by atoms with van der Waals surface area (Å²) in [5.41, 5.74) is 0.675. The Labute approximate surface area is 146 Å². The van der Waals surface area contributed by atoms with Crippen LogP contribution in [-0.2, 0) is 21.0 Å². The molecule has 2 aromatic rings. The van der Waals surface area contributed by atoms with Gasteiger partial charge in [-0.3, -0.25) is 9.59 Å². The molecule has 0 bridgehead atoms. The van der Waals surface area contributed by atoms with Crippen LogP contribution >= 0.6 is 22.9 Å². The van der Waals surface area contributed by atoms with Crippen LogP contribution in [0.4, 0.5) is 0 Å². The number of halogens is 1. The van der Waals surface area contributed by atoms with Gasteiger partial charge in [-0.05, 0) is 24.3 Å². The first-order valence-electron chi connectivity index (χ1n) is 7.17. The smallest absolute Gasteiger partial charge is 0.264 e. The molecule has 1 aliphatic rings. The summed E-state index contributed by atoms with van der Waals surface area (Å²) in [4.78, 5) is 29.7. The summed E-state index contributed by atoms with van der Waals surface area (Å²) in [6.07, 6.45) is 1.13. The largest absolute Gasteiger partial charge is 0.467 e. The lowest BCUT2D eigenvalue weighted by Crippen LogP contribution is -2.41.